The standard InChI is InChI=1S/C23H31N5O/c1-18-9-11-27(12-10-18)20-5-3-19(4-6-20)25-23(29)22-8-7-21(17-24-22)28-15-13-26(2)14-16-28/h3-8,17-18H,9-16H2,1-2H3,(H,25,29). The number of aromatic nitrogens is 1. The van der Waals surface area contributed by atoms with Crippen LogP contribution in [0.3, 0.4) is 0 Å². The Hall–Kier alpha value is -2.60. The predicted molar refractivity (Wildman–Crippen MR) is 119 cm³/mol. The van der Waals surface area contributed by atoms with Crippen molar-refractivity contribution in [3.05, 3.63) is 48.3 Å². The number of pyridine rings is 1. The van der Waals surface area contributed by atoms with Crippen molar-refractivity contribution in [2.75, 3.05) is 61.4 Å². The van der Waals surface area contributed by atoms with Crippen molar-refractivity contribution in [3.63, 3.8) is 0 Å². The van der Waals surface area contributed by atoms with E-state index in [0.717, 1.165) is 56.6 Å². The fraction of sp³-hybridized carbons (Fsp3) is 0.478. The fourth-order valence-corrected chi connectivity index (χ4v) is 3.99. The van der Waals surface area contributed by atoms with Crippen molar-refractivity contribution in [1.82, 2.24) is 9.88 Å². The van der Waals surface area contributed by atoms with Crippen molar-refractivity contribution in [1.29, 1.82) is 0 Å². The summed E-state index contributed by atoms with van der Waals surface area (Å²) in [6, 6.07) is 11.9. The molecule has 0 unspecified atom stereocenters. The van der Waals surface area contributed by atoms with Gasteiger partial charge in [-0.3, -0.25) is 4.79 Å². The lowest BCUT2D eigenvalue weighted by atomic mass is 9.99. The van der Waals surface area contributed by atoms with Crippen LogP contribution in [0, 0.1) is 5.92 Å². The number of rotatable bonds is 4. The van der Waals surface area contributed by atoms with Crippen molar-refractivity contribution >= 4 is 23.0 Å². The summed E-state index contributed by atoms with van der Waals surface area (Å²) < 4.78 is 0. The van der Waals surface area contributed by atoms with Gasteiger partial charge in [0.05, 0.1) is 11.9 Å². The smallest absolute Gasteiger partial charge is 0.274 e. The van der Waals surface area contributed by atoms with Crippen molar-refractivity contribution in [2.24, 2.45) is 5.92 Å². The molecule has 0 spiro atoms. The second kappa shape index (κ2) is 8.82. The minimum absolute atomic E-state index is 0.172. The van der Waals surface area contributed by atoms with Crippen LogP contribution in [0.5, 0.6) is 0 Å². The molecule has 0 bridgehead atoms. The molecule has 0 aliphatic carbocycles. The number of hydrogen-bond donors (Lipinski definition) is 1. The SMILES string of the molecule is CC1CCN(c2ccc(NC(=O)c3ccc(N4CCN(C)CC4)cn3)cc2)CC1. The van der Waals surface area contributed by atoms with Gasteiger partial charge in [-0.15, -0.1) is 0 Å². The van der Waals surface area contributed by atoms with Crippen LogP contribution in [0.1, 0.15) is 30.3 Å². The van der Waals surface area contributed by atoms with Gasteiger partial charge in [0.2, 0.25) is 0 Å². The van der Waals surface area contributed by atoms with Gasteiger partial charge in [0, 0.05) is 50.6 Å². The average Bonchev–Trinajstić information content (AvgIpc) is 2.76. The third-order valence-corrected chi connectivity index (χ3v) is 6.12. The number of nitrogens with zero attached hydrogens (tertiary/aromatic N) is 4. The molecule has 2 aromatic rings. The van der Waals surface area contributed by atoms with Gasteiger partial charge in [-0.1, -0.05) is 6.92 Å². The van der Waals surface area contributed by atoms with E-state index in [-0.39, 0.29) is 5.91 Å². The molecule has 0 radical (unpaired) electrons. The molecule has 0 saturated carbocycles. The average molecular weight is 394 g/mol. The van der Waals surface area contributed by atoms with Crippen LogP contribution < -0.4 is 15.1 Å². The highest BCUT2D eigenvalue weighted by molar-refractivity contribution is 6.03. The molecular formula is C23H31N5O. The maximum Gasteiger partial charge on any atom is 0.274 e. The Morgan fingerprint density at radius 2 is 1.52 bits per heavy atom. The number of piperazine rings is 1. The summed E-state index contributed by atoms with van der Waals surface area (Å²) >= 11 is 0. The topological polar surface area (TPSA) is 51.7 Å². The highest BCUT2D eigenvalue weighted by atomic mass is 16.1. The zero-order valence-electron chi connectivity index (χ0n) is 17.5. The number of carbonyl (C=O) groups is 1. The summed E-state index contributed by atoms with van der Waals surface area (Å²) in [4.78, 5) is 24.0. The van der Waals surface area contributed by atoms with Crippen LogP contribution >= 0.6 is 0 Å². The summed E-state index contributed by atoms with van der Waals surface area (Å²) in [6.07, 6.45) is 4.29. The molecule has 6 heteroatoms. The first kappa shape index (κ1) is 19.7. The number of likely N-dealkylation sites (N-methyl/N-ethyl adjacent to an activating group) is 1. The summed E-state index contributed by atoms with van der Waals surface area (Å²) in [7, 11) is 2.14. The van der Waals surface area contributed by atoms with E-state index in [1.54, 1.807) is 6.20 Å². The van der Waals surface area contributed by atoms with E-state index in [0.29, 0.717) is 5.69 Å². The molecule has 1 N–H and O–H groups in total. The zero-order valence-corrected chi connectivity index (χ0v) is 17.5. The summed E-state index contributed by atoms with van der Waals surface area (Å²) in [5.74, 6) is 0.648. The zero-order chi connectivity index (χ0) is 20.2. The van der Waals surface area contributed by atoms with Crippen LogP contribution in [-0.2, 0) is 0 Å². The Labute approximate surface area is 173 Å². The molecule has 1 aromatic carbocycles. The molecular weight excluding hydrogens is 362 g/mol. The van der Waals surface area contributed by atoms with Crippen molar-refractivity contribution in [3.8, 4) is 0 Å². The summed E-state index contributed by atoms with van der Waals surface area (Å²) in [6.45, 7) is 8.62. The monoisotopic (exact) mass is 393 g/mol. The van der Waals surface area contributed by atoms with Gasteiger partial charge in [-0.2, -0.15) is 0 Å². The third kappa shape index (κ3) is 4.88. The van der Waals surface area contributed by atoms with E-state index in [4.69, 9.17) is 0 Å². The Balaban J connectivity index is 1.34. The number of nitrogens with one attached hydrogen (secondary N) is 1. The lowest BCUT2D eigenvalue weighted by molar-refractivity contribution is 0.102. The van der Waals surface area contributed by atoms with E-state index >= 15 is 0 Å². The van der Waals surface area contributed by atoms with Gasteiger partial charge >= 0.3 is 0 Å². The lowest BCUT2D eigenvalue weighted by Gasteiger charge is -2.33. The van der Waals surface area contributed by atoms with Gasteiger partial charge < -0.3 is 20.0 Å². The first-order chi connectivity index (χ1) is 14.1. The highest BCUT2D eigenvalue weighted by Crippen LogP contribution is 2.24. The van der Waals surface area contributed by atoms with Crippen LogP contribution in [0.15, 0.2) is 42.6 Å². The van der Waals surface area contributed by atoms with E-state index in [1.807, 2.05) is 24.3 Å². The number of piperidine rings is 1. The van der Waals surface area contributed by atoms with Crippen molar-refractivity contribution < 1.29 is 4.79 Å². The molecule has 2 aliphatic rings. The summed E-state index contributed by atoms with van der Waals surface area (Å²) in [5, 5.41) is 2.96. The number of amides is 1. The molecule has 1 aromatic heterocycles. The Morgan fingerprint density at radius 3 is 2.14 bits per heavy atom. The van der Waals surface area contributed by atoms with Crippen molar-refractivity contribution in [2.45, 2.75) is 19.8 Å². The molecule has 0 atom stereocenters. The third-order valence-electron chi connectivity index (χ3n) is 6.12. The van der Waals surface area contributed by atoms with Gasteiger partial charge in [-0.25, -0.2) is 4.98 Å². The fourth-order valence-electron chi connectivity index (χ4n) is 3.99. The molecule has 6 nitrogen and oxygen atoms in total. The van der Waals surface area contributed by atoms with Gasteiger partial charge in [0.1, 0.15) is 5.69 Å². The normalized spacial score (nSPS) is 18.7. The van der Waals surface area contributed by atoms with E-state index in [9.17, 15) is 4.79 Å². The molecule has 4 rings (SSSR count). The minimum atomic E-state index is -0.172. The largest absolute Gasteiger partial charge is 0.372 e. The number of benzene rings is 1. The van der Waals surface area contributed by atoms with E-state index in [1.165, 1.54) is 18.5 Å². The number of hydrogen-bond acceptors (Lipinski definition) is 5. The first-order valence-electron chi connectivity index (χ1n) is 10.6. The molecule has 2 aliphatic heterocycles. The lowest BCUT2D eigenvalue weighted by Crippen LogP contribution is -2.44. The van der Waals surface area contributed by atoms with Gasteiger partial charge in [-0.05, 0) is 62.2 Å². The van der Waals surface area contributed by atoms with Gasteiger partial charge in [0.25, 0.3) is 5.91 Å². The first-order valence-corrected chi connectivity index (χ1v) is 10.6. The van der Waals surface area contributed by atoms with Crippen LogP contribution in [0.4, 0.5) is 17.1 Å². The van der Waals surface area contributed by atoms with Crippen LogP contribution in [0.2, 0.25) is 0 Å². The number of carbonyl (C=O) groups excluding carboxylic acids is 1. The van der Waals surface area contributed by atoms with Crippen LogP contribution in [0.25, 0.3) is 0 Å². The summed E-state index contributed by atoms with van der Waals surface area (Å²) in [5.41, 5.74) is 3.55. The number of anilines is 3. The van der Waals surface area contributed by atoms with Gasteiger partial charge in [0.15, 0.2) is 0 Å². The molecule has 1 amide bonds. The maximum absolute atomic E-state index is 12.6. The quantitative estimate of drug-likeness (QED) is 0.864. The molecule has 2 fully saturated rings. The Bertz CT molecular complexity index is 804. The maximum atomic E-state index is 12.6. The minimum Gasteiger partial charge on any atom is -0.372 e. The second-order valence-electron chi connectivity index (χ2n) is 8.36. The van der Waals surface area contributed by atoms with E-state index < -0.39 is 0 Å². The predicted octanol–water partition coefficient (Wildman–Crippen LogP) is 3.32. The Morgan fingerprint density at radius 1 is 0.897 bits per heavy atom. The highest BCUT2D eigenvalue weighted by Gasteiger charge is 2.17. The molecule has 3 heterocycles. The van der Waals surface area contributed by atoms with Crippen LogP contribution in [-0.4, -0.2) is 62.1 Å². The molecule has 154 valence electrons. The molecule has 29 heavy (non-hydrogen) atoms. The molecule has 2 saturated heterocycles. The van der Waals surface area contributed by atoms with E-state index in [2.05, 4.69) is 51.1 Å². The Kier molecular flexibility index (Phi) is 6.00. The second-order valence-corrected chi connectivity index (χ2v) is 8.36.